The summed E-state index contributed by atoms with van der Waals surface area (Å²) in [4.78, 5) is 14.9. The number of furan rings is 1. The van der Waals surface area contributed by atoms with Gasteiger partial charge in [0.2, 0.25) is 0 Å². The highest BCUT2D eigenvalue weighted by Crippen LogP contribution is 2.20. The molecule has 0 unspecified atom stereocenters. The minimum absolute atomic E-state index is 0.0217. The monoisotopic (exact) mass is 403 g/mol. The molecule has 0 aliphatic carbocycles. The Morgan fingerprint density at radius 1 is 1.07 bits per heavy atom. The summed E-state index contributed by atoms with van der Waals surface area (Å²) in [5.74, 6) is 1.56. The Morgan fingerprint density at radius 3 is 2.61 bits per heavy atom. The van der Waals surface area contributed by atoms with Crippen molar-refractivity contribution in [2.45, 2.75) is 6.54 Å². The van der Waals surface area contributed by atoms with Gasteiger partial charge in [-0.15, -0.1) is 10.2 Å². The molecule has 0 spiro atoms. The second-order valence-electron chi connectivity index (χ2n) is 6.86. The van der Waals surface area contributed by atoms with Crippen molar-refractivity contribution in [1.29, 1.82) is 0 Å². The van der Waals surface area contributed by atoms with Gasteiger partial charge in [-0.05, 0) is 24.3 Å². The van der Waals surface area contributed by atoms with Crippen LogP contribution >= 0.6 is 11.6 Å². The Hall–Kier alpha value is -2.68. The molecule has 1 saturated heterocycles. The Balaban J connectivity index is 1.23. The summed E-state index contributed by atoms with van der Waals surface area (Å²) in [6.45, 7) is 4.80. The molecule has 1 amide bonds. The zero-order valence-electron chi connectivity index (χ0n) is 15.3. The predicted molar refractivity (Wildman–Crippen MR) is 102 cm³/mol. The fraction of sp³-hybridized carbons (Fsp3) is 0.316. The van der Waals surface area contributed by atoms with Gasteiger partial charge in [0.1, 0.15) is 26.2 Å². The maximum Gasteiger partial charge on any atom is 0.283 e. The second kappa shape index (κ2) is 8.55. The van der Waals surface area contributed by atoms with Crippen LogP contribution < -0.4 is 15.1 Å². The van der Waals surface area contributed by atoms with E-state index in [2.05, 4.69) is 15.5 Å². The zero-order valence-corrected chi connectivity index (χ0v) is 16.0. The molecular weight excluding hydrogens is 382 g/mol. The number of para-hydroxylation sites is 1. The quantitative estimate of drug-likeness (QED) is 0.535. The average molecular weight is 404 g/mol. The van der Waals surface area contributed by atoms with Crippen LogP contribution in [0.5, 0.6) is 0 Å². The first-order valence-corrected chi connectivity index (χ1v) is 9.63. The van der Waals surface area contributed by atoms with Gasteiger partial charge >= 0.3 is 0 Å². The lowest BCUT2D eigenvalue weighted by atomic mass is 10.3. The highest BCUT2D eigenvalue weighted by molar-refractivity contribution is 6.33. The van der Waals surface area contributed by atoms with E-state index < -0.39 is 0 Å². The topological polar surface area (TPSA) is 90.0 Å². The number of carbonyl (C=O) groups excluding carboxylic acids is 1. The molecule has 0 saturated carbocycles. The Labute approximate surface area is 167 Å². The molecule has 3 N–H and O–H groups in total. The lowest BCUT2D eigenvalue weighted by molar-refractivity contribution is -1.02. The van der Waals surface area contributed by atoms with Gasteiger partial charge in [0, 0.05) is 0 Å². The largest absolute Gasteiger partial charge is 0.459 e. The molecule has 28 heavy (non-hydrogen) atoms. The maximum atomic E-state index is 12.3. The molecule has 0 radical (unpaired) electrons. The first-order chi connectivity index (χ1) is 13.7. The number of piperazine rings is 1. The van der Waals surface area contributed by atoms with Crippen molar-refractivity contribution in [2.24, 2.45) is 0 Å². The van der Waals surface area contributed by atoms with Crippen LogP contribution in [-0.4, -0.2) is 48.8 Å². The number of halogens is 1. The molecule has 3 aromatic rings. The van der Waals surface area contributed by atoms with Crippen molar-refractivity contribution in [1.82, 2.24) is 10.2 Å². The molecular formula is C19H22ClN5O3+2. The molecule has 146 valence electrons. The van der Waals surface area contributed by atoms with E-state index in [9.17, 15) is 4.79 Å². The van der Waals surface area contributed by atoms with Gasteiger partial charge in [0.05, 0.1) is 17.0 Å². The number of amides is 1. The molecule has 2 aromatic heterocycles. The summed E-state index contributed by atoms with van der Waals surface area (Å²) in [6, 6.07) is 10.8. The highest BCUT2D eigenvalue weighted by Gasteiger charge is 2.26. The third-order valence-corrected chi connectivity index (χ3v) is 5.15. The molecule has 8 nitrogen and oxygen atoms in total. The van der Waals surface area contributed by atoms with E-state index in [4.69, 9.17) is 20.4 Å². The lowest BCUT2D eigenvalue weighted by Gasteiger charge is -2.28. The maximum absolute atomic E-state index is 12.3. The molecule has 1 aromatic carbocycles. The van der Waals surface area contributed by atoms with E-state index in [0.29, 0.717) is 41.3 Å². The summed E-state index contributed by atoms with van der Waals surface area (Å²) >= 11 is 6.09. The number of aromatic nitrogens is 2. The van der Waals surface area contributed by atoms with Crippen LogP contribution in [-0.2, 0) is 11.3 Å². The van der Waals surface area contributed by atoms with E-state index in [1.165, 1.54) is 9.80 Å². The van der Waals surface area contributed by atoms with Gasteiger partial charge in [-0.25, -0.2) is 0 Å². The van der Waals surface area contributed by atoms with Crippen LogP contribution in [0.4, 0.5) is 5.69 Å². The van der Waals surface area contributed by atoms with E-state index >= 15 is 0 Å². The van der Waals surface area contributed by atoms with Gasteiger partial charge in [-0.2, -0.15) is 0 Å². The minimum Gasteiger partial charge on any atom is -0.459 e. The predicted octanol–water partition coefficient (Wildman–Crippen LogP) is -0.0949. The van der Waals surface area contributed by atoms with Crippen LogP contribution in [0.2, 0.25) is 5.02 Å². The van der Waals surface area contributed by atoms with Crippen LogP contribution in [0, 0.1) is 0 Å². The average Bonchev–Trinajstić information content (AvgIpc) is 3.37. The summed E-state index contributed by atoms with van der Waals surface area (Å²) in [6.07, 6.45) is 1.58. The van der Waals surface area contributed by atoms with Crippen molar-refractivity contribution in [3.05, 3.63) is 53.6 Å². The first kappa shape index (κ1) is 18.7. The first-order valence-electron chi connectivity index (χ1n) is 9.25. The van der Waals surface area contributed by atoms with Gasteiger partial charge in [-0.3, -0.25) is 4.79 Å². The highest BCUT2D eigenvalue weighted by atomic mass is 35.5. The van der Waals surface area contributed by atoms with Crippen LogP contribution in [0.3, 0.4) is 0 Å². The minimum atomic E-state index is -0.0217. The summed E-state index contributed by atoms with van der Waals surface area (Å²) in [5, 5.41) is 11.6. The number of nitrogens with zero attached hydrogens (tertiary/aromatic N) is 2. The van der Waals surface area contributed by atoms with Crippen LogP contribution in [0.15, 0.2) is 51.5 Å². The Kier molecular flexibility index (Phi) is 5.70. The molecule has 9 heteroatoms. The molecule has 0 atom stereocenters. The number of hydrogen-bond acceptors (Lipinski definition) is 5. The molecule has 1 fully saturated rings. The van der Waals surface area contributed by atoms with Gasteiger partial charge < -0.3 is 24.0 Å². The fourth-order valence-corrected chi connectivity index (χ4v) is 3.52. The number of rotatable bonds is 6. The molecule has 3 heterocycles. The van der Waals surface area contributed by atoms with Gasteiger partial charge in [-0.1, -0.05) is 23.7 Å². The Bertz CT molecular complexity index is 919. The van der Waals surface area contributed by atoms with Crippen molar-refractivity contribution < 1.29 is 23.4 Å². The van der Waals surface area contributed by atoms with Crippen LogP contribution in [0.1, 0.15) is 5.89 Å². The third-order valence-electron chi connectivity index (χ3n) is 4.82. The fourth-order valence-electron chi connectivity index (χ4n) is 3.33. The number of hydrogen-bond donors (Lipinski definition) is 3. The van der Waals surface area contributed by atoms with Crippen molar-refractivity contribution in [3.63, 3.8) is 0 Å². The van der Waals surface area contributed by atoms with Crippen LogP contribution in [0.25, 0.3) is 11.7 Å². The molecule has 0 bridgehead atoms. The van der Waals surface area contributed by atoms with Crippen molar-refractivity contribution in [3.8, 4) is 11.7 Å². The molecule has 4 rings (SSSR count). The number of quaternary nitrogens is 2. The van der Waals surface area contributed by atoms with Gasteiger partial charge in [0.25, 0.3) is 17.7 Å². The SMILES string of the molecule is O=C(C[NH+]1CC[NH+](Cc2nnc(-c3ccco3)o2)CC1)Nc1ccccc1Cl. The zero-order chi connectivity index (χ0) is 19.3. The smallest absolute Gasteiger partial charge is 0.283 e. The number of carbonyl (C=O) groups is 1. The van der Waals surface area contributed by atoms with Gasteiger partial charge in [0.15, 0.2) is 18.8 Å². The Morgan fingerprint density at radius 2 is 1.86 bits per heavy atom. The molecule has 1 aliphatic heterocycles. The van der Waals surface area contributed by atoms with E-state index in [-0.39, 0.29) is 5.91 Å². The summed E-state index contributed by atoms with van der Waals surface area (Å²) in [7, 11) is 0. The standard InChI is InChI=1S/C19H20ClN5O3/c20-14-4-1-2-5-15(14)21-17(26)12-24-7-9-25(10-8-24)13-18-22-23-19(28-18)16-6-3-11-27-16/h1-6,11H,7-10,12-13H2,(H,21,26)/p+2. The number of benzene rings is 1. The number of anilines is 1. The van der Waals surface area contributed by atoms with E-state index in [0.717, 1.165) is 26.2 Å². The normalized spacial score (nSPS) is 19.5. The van der Waals surface area contributed by atoms with Crippen molar-refractivity contribution in [2.75, 3.05) is 38.0 Å². The van der Waals surface area contributed by atoms with E-state index in [1.54, 1.807) is 30.5 Å². The number of nitrogens with one attached hydrogen (secondary N) is 3. The molecule has 1 aliphatic rings. The third kappa shape index (κ3) is 4.59. The summed E-state index contributed by atoms with van der Waals surface area (Å²) < 4.78 is 11.0. The summed E-state index contributed by atoms with van der Waals surface area (Å²) in [5.41, 5.74) is 0.654. The van der Waals surface area contributed by atoms with E-state index in [1.807, 2.05) is 12.1 Å². The second-order valence-corrected chi connectivity index (χ2v) is 7.27. The van der Waals surface area contributed by atoms with Crippen molar-refractivity contribution >= 4 is 23.2 Å². The lowest BCUT2D eigenvalue weighted by Crippen LogP contribution is -3.28.